The van der Waals surface area contributed by atoms with Crippen LogP contribution in [0.25, 0.3) is 0 Å². The van der Waals surface area contributed by atoms with Gasteiger partial charge in [0.2, 0.25) is 0 Å². The summed E-state index contributed by atoms with van der Waals surface area (Å²) in [6, 6.07) is 0. The van der Waals surface area contributed by atoms with Gasteiger partial charge >= 0.3 is 0 Å². The molecule has 126 valence electrons. The van der Waals surface area contributed by atoms with Crippen LogP contribution in [0.5, 0.6) is 0 Å². The van der Waals surface area contributed by atoms with E-state index in [2.05, 4.69) is 0 Å². The number of benzene rings is 1. The van der Waals surface area contributed by atoms with Crippen molar-refractivity contribution in [3.63, 3.8) is 0 Å². The number of amides is 2. The Kier molecular flexibility index (Phi) is 3.47. The summed E-state index contributed by atoms with van der Waals surface area (Å²) in [5, 5.41) is 0. The van der Waals surface area contributed by atoms with E-state index in [1.54, 1.807) is 0 Å². The monoisotopic (exact) mass is 339 g/mol. The molecule has 8 heteroatoms. The second-order valence-corrected chi connectivity index (χ2v) is 6.86. The molecule has 0 aliphatic carbocycles. The van der Waals surface area contributed by atoms with Crippen molar-refractivity contribution in [2.75, 3.05) is 0 Å². The maximum absolute atomic E-state index is 14.0. The van der Waals surface area contributed by atoms with E-state index in [4.69, 9.17) is 0 Å². The number of fused-ring (bicyclic) bond motifs is 3. The average Bonchev–Trinajstić information content (AvgIpc) is 2.81. The lowest BCUT2D eigenvalue weighted by molar-refractivity contribution is 0.0744. The highest BCUT2D eigenvalue weighted by Gasteiger charge is 2.53. The maximum Gasteiger partial charge on any atom is 0.275 e. The zero-order valence-electron chi connectivity index (χ0n) is 12.8. The lowest BCUT2D eigenvalue weighted by atomic mass is 9.33. The first-order valence-corrected chi connectivity index (χ1v) is 8.17. The minimum Gasteiger partial charge on any atom is -0.320 e. The number of rotatable bonds is 1. The summed E-state index contributed by atoms with van der Waals surface area (Å²) in [6.45, 7) is -0.440. The minimum absolute atomic E-state index is 0.0838. The summed E-state index contributed by atoms with van der Waals surface area (Å²) in [7, 11) is 0. The molecule has 2 amide bonds. The van der Waals surface area contributed by atoms with Crippen molar-refractivity contribution >= 4 is 18.7 Å². The molecular weight excluding hydrogens is 325 g/mol. The lowest BCUT2D eigenvalue weighted by Gasteiger charge is -2.43. The van der Waals surface area contributed by atoms with Crippen LogP contribution in [0.1, 0.15) is 59.2 Å². The highest BCUT2D eigenvalue weighted by Crippen LogP contribution is 2.49. The normalized spacial score (nSPS) is 26.2. The van der Waals surface area contributed by atoms with Gasteiger partial charge < -0.3 is 4.81 Å². The molecular formula is C16H14BF4NO2. The van der Waals surface area contributed by atoms with E-state index in [9.17, 15) is 27.2 Å². The molecule has 0 aromatic heterocycles. The highest BCUT2D eigenvalue weighted by atomic mass is 19.2. The second-order valence-electron chi connectivity index (χ2n) is 6.86. The Morgan fingerprint density at radius 3 is 1.46 bits per heavy atom. The van der Waals surface area contributed by atoms with Crippen LogP contribution in [0.15, 0.2) is 0 Å². The standard InChI is InChI=1S/C16H14BF4NO2/c18-11-9-10(12(19)14(21)13(11)20)16(24)22(15(9)23)17-7-3-1-4-8(17)6-2-5-7/h7-8H,1-6H2. The van der Waals surface area contributed by atoms with E-state index in [0.717, 1.165) is 43.3 Å². The summed E-state index contributed by atoms with van der Waals surface area (Å²) in [5.41, 5.74) is -1.94. The predicted octanol–water partition coefficient (Wildman–Crippen LogP) is 3.94. The van der Waals surface area contributed by atoms with Gasteiger partial charge in [-0.1, -0.05) is 38.5 Å². The van der Waals surface area contributed by atoms with Gasteiger partial charge in [0.1, 0.15) is 0 Å². The van der Waals surface area contributed by atoms with Crippen molar-refractivity contribution in [1.82, 2.24) is 4.81 Å². The van der Waals surface area contributed by atoms with E-state index in [1.165, 1.54) is 0 Å². The lowest BCUT2D eigenvalue weighted by Crippen LogP contribution is -2.52. The third-order valence-electron chi connectivity index (χ3n) is 5.70. The van der Waals surface area contributed by atoms with Crippen molar-refractivity contribution < 1.29 is 27.2 Å². The first kappa shape index (κ1) is 15.7. The van der Waals surface area contributed by atoms with Gasteiger partial charge in [0.15, 0.2) is 23.3 Å². The highest BCUT2D eigenvalue weighted by molar-refractivity contribution is 6.67. The van der Waals surface area contributed by atoms with Crippen LogP contribution in [0.3, 0.4) is 0 Å². The molecule has 2 fully saturated rings. The molecule has 1 aromatic carbocycles. The number of carbonyl (C=O) groups is 2. The molecule has 2 saturated heterocycles. The molecule has 0 unspecified atom stereocenters. The molecule has 3 nitrogen and oxygen atoms in total. The Bertz CT molecular complexity index is 700. The quantitative estimate of drug-likeness (QED) is 0.256. The van der Waals surface area contributed by atoms with Crippen LogP contribution in [-0.2, 0) is 0 Å². The smallest absolute Gasteiger partial charge is 0.275 e. The number of nitrogens with zero attached hydrogens (tertiary/aromatic N) is 1. The number of imide groups is 1. The van der Waals surface area contributed by atoms with Gasteiger partial charge in [-0.05, 0) is 11.6 Å². The van der Waals surface area contributed by atoms with Gasteiger partial charge in [0.25, 0.3) is 18.7 Å². The molecule has 0 spiro atoms. The fourth-order valence-corrected chi connectivity index (χ4v) is 4.70. The number of hydrogen-bond acceptors (Lipinski definition) is 2. The molecule has 0 N–H and O–H groups in total. The number of hydrogen-bond donors (Lipinski definition) is 0. The van der Waals surface area contributed by atoms with Crippen LogP contribution in [0, 0.1) is 23.3 Å². The van der Waals surface area contributed by atoms with E-state index in [0.29, 0.717) is 0 Å². The Labute approximate surface area is 136 Å². The zero-order chi connectivity index (χ0) is 17.2. The van der Waals surface area contributed by atoms with Crippen molar-refractivity contribution in [2.24, 2.45) is 0 Å². The summed E-state index contributed by atoms with van der Waals surface area (Å²) in [6.07, 6.45) is 5.32. The predicted molar refractivity (Wildman–Crippen MR) is 77.7 cm³/mol. The molecule has 0 radical (unpaired) electrons. The Hall–Kier alpha value is -1.86. The van der Waals surface area contributed by atoms with Crippen LogP contribution in [0.4, 0.5) is 17.6 Å². The van der Waals surface area contributed by atoms with Crippen molar-refractivity contribution in [1.29, 1.82) is 0 Å². The number of halogens is 4. The van der Waals surface area contributed by atoms with Gasteiger partial charge in [0.05, 0.1) is 11.1 Å². The fraction of sp³-hybridized carbons (Fsp3) is 0.500. The second kappa shape index (κ2) is 5.32. The Balaban J connectivity index is 1.83. The van der Waals surface area contributed by atoms with E-state index < -0.39 is 53.1 Å². The fourth-order valence-electron chi connectivity index (χ4n) is 4.70. The van der Waals surface area contributed by atoms with Gasteiger partial charge in [0, 0.05) is 0 Å². The van der Waals surface area contributed by atoms with Crippen LogP contribution in [0.2, 0.25) is 11.6 Å². The van der Waals surface area contributed by atoms with E-state index >= 15 is 0 Å². The molecule has 24 heavy (non-hydrogen) atoms. The van der Waals surface area contributed by atoms with Crippen LogP contribution in [-0.4, -0.2) is 23.5 Å². The SMILES string of the molecule is O=C1c2c(F)c(F)c(F)c(F)c2C(=O)N1B1C2CCCC1CCC2. The summed E-state index contributed by atoms with van der Waals surface area (Å²) in [5.74, 6) is -9.61. The third-order valence-corrected chi connectivity index (χ3v) is 5.70. The van der Waals surface area contributed by atoms with Gasteiger partial charge in [-0.25, -0.2) is 17.6 Å². The molecule has 2 bridgehead atoms. The summed E-state index contributed by atoms with van der Waals surface area (Å²) < 4.78 is 55.0. The van der Waals surface area contributed by atoms with Gasteiger partial charge in [-0.2, -0.15) is 0 Å². The van der Waals surface area contributed by atoms with Gasteiger partial charge in [-0.15, -0.1) is 0 Å². The topological polar surface area (TPSA) is 37.4 Å². The van der Waals surface area contributed by atoms with Crippen molar-refractivity contribution in [2.45, 2.75) is 50.2 Å². The molecule has 4 rings (SSSR count). The molecule has 3 aliphatic rings. The molecule has 0 saturated carbocycles. The molecule has 3 heterocycles. The first-order chi connectivity index (χ1) is 11.4. The summed E-state index contributed by atoms with van der Waals surface area (Å²) >= 11 is 0. The Morgan fingerprint density at radius 1 is 0.708 bits per heavy atom. The number of carbonyl (C=O) groups excluding carboxylic acids is 2. The van der Waals surface area contributed by atoms with E-state index in [1.807, 2.05) is 0 Å². The minimum atomic E-state index is -2.06. The first-order valence-electron chi connectivity index (χ1n) is 8.17. The third kappa shape index (κ3) is 1.91. The largest absolute Gasteiger partial charge is 0.320 e. The zero-order valence-corrected chi connectivity index (χ0v) is 12.8. The average molecular weight is 339 g/mol. The maximum atomic E-state index is 14.0. The van der Waals surface area contributed by atoms with Crippen molar-refractivity contribution in [3.8, 4) is 0 Å². The van der Waals surface area contributed by atoms with Crippen LogP contribution < -0.4 is 0 Å². The molecule has 3 aliphatic heterocycles. The Morgan fingerprint density at radius 2 is 1.08 bits per heavy atom. The molecule has 0 atom stereocenters. The van der Waals surface area contributed by atoms with Crippen molar-refractivity contribution in [3.05, 3.63) is 34.4 Å². The van der Waals surface area contributed by atoms with Crippen LogP contribution >= 0.6 is 0 Å². The van der Waals surface area contributed by atoms with E-state index in [-0.39, 0.29) is 11.6 Å². The summed E-state index contributed by atoms with van der Waals surface area (Å²) in [4.78, 5) is 26.0. The molecule has 1 aromatic rings. The van der Waals surface area contributed by atoms with Gasteiger partial charge in [-0.3, -0.25) is 9.59 Å².